The zero-order chi connectivity index (χ0) is 13.4. The molecule has 19 heavy (non-hydrogen) atoms. The summed E-state index contributed by atoms with van der Waals surface area (Å²) in [5.41, 5.74) is 2.00. The molecule has 4 nitrogen and oxygen atoms in total. The second-order valence-corrected chi connectivity index (χ2v) is 5.82. The van der Waals surface area contributed by atoms with Gasteiger partial charge in [0.05, 0.1) is 10.5 Å². The van der Waals surface area contributed by atoms with E-state index in [-0.39, 0.29) is 0 Å². The summed E-state index contributed by atoms with van der Waals surface area (Å²) >= 11 is 3.68. The van der Waals surface area contributed by atoms with Crippen molar-refractivity contribution in [3.63, 3.8) is 0 Å². The van der Waals surface area contributed by atoms with Crippen molar-refractivity contribution in [1.29, 1.82) is 0 Å². The van der Waals surface area contributed by atoms with Crippen LogP contribution >= 0.6 is 15.9 Å². The molecule has 2 unspecified atom stereocenters. The van der Waals surface area contributed by atoms with Crippen molar-refractivity contribution in [2.45, 2.75) is 26.3 Å². The SMILES string of the molecule is CCC1C(C)CNc2c(Br)c(-c3cccnc3)nn21. The van der Waals surface area contributed by atoms with E-state index in [1.54, 1.807) is 6.20 Å². The van der Waals surface area contributed by atoms with E-state index < -0.39 is 0 Å². The standard InChI is InChI=1S/C14H17BrN4/c1-3-11-9(2)7-17-14-12(15)13(18-19(11)14)10-5-4-6-16-8-10/h4-6,8-9,11,17H,3,7H2,1-2H3. The van der Waals surface area contributed by atoms with Crippen molar-refractivity contribution in [3.8, 4) is 11.3 Å². The van der Waals surface area contributed by atoms with Gasteiger partial charge in [-0.2, -0.15) is 5.10 Å². The summed E-state index contributed by atoms with van der Waals surface area (Å²) in [5.74, 6) is 1.68. The number of nitrogens with one attached hydrogen (secondary N) is 1. The predicted molar refractivity (Wildman–Crippen MR) is 80.1 cm³/mol. The number of fused-ring (bicyclic) bond motifs is 1. The van der Waals surface area contributed by atoms with Gasteiger partial charge in [0.25, 0.3) is 0 Å². The Bertz CT molecular complexity index is 579. The van der Waals surface area contributed by atoms with Crippen LogP contribution in [-0.2, 0) is 0 Å². The van der Waals surface area contributed by atoms with Crippen LogP contribution in [0.1, 0.15) is 26.3 Å². The number of nitrogens with zero attached hydrogens (tertiary/aromatic N) is 3. The van der Waals surface area contributed by atoms with Gasteiger partial charge in [0.15, 0.2) is 0 Å². The van der Waals surface area contributed by atoms with Gasteiger partial charge in [0.2, 0.25) is 0 Å². The van der Waals surface area contributed by atoms with Gasteiger partial charge >= 0.3 is 0 Å². The Morgan fingerprint density at radius 2 is 2.37 bits per heavy atom. The lowest BCUT2D eigenvalue weighted by Crippen LogP contribution is -2.30. The second kappa shape index (κ2) is 4.96. The maximum absolute atomic E-state index is 4.79. The quantitative estimate of drug-likeness (QED) is 0.917. The highest BCUT2D eigenvalue weighted by molar-refractivity contribution is 9.10. The third-order valence-electron chi connectivity index (χ3n) is 3.77. The Morgan fingerprint density at radius 1 is 1.53 bits per heavy atom. The van der Waals surface area contributed by atoms with Gasteiger partial charge < -0.3 is 5.32 Å². The van der Waals surface area contributed by atoms with Crippen molar-refractivity contribution in [2.75, 3.05) is 11.9 Å². The zero-order valence-electron chi connectivity index (χ0n) is 11.1. The van der Waals surface area contributed by atoms with E-state index in [9.17, 15) is 0 Å². The third kappa shape index (κ3) is 2.06. The third-order valence-corrected chi connectivity index (χ3v) is 4.52. The highest BCUT2D eigenvalue weighted by Crippen LogP contribution is 2.40. The van der Waals surface area contributed by atoms with E-state index in [4.69, 9.17) is 5.10 Å². The first-order valence-electron chi connectivity index (χ1n) is 6.64. The second-order valence-electron chi connectivity index (χ2n) is 5.03. The molecule has 3 rings (SSSR count). The van der Waals surface area contributed by atoms with Gasteiger partial charge in [-0.3, -0.25) is 4.98 Å². The van der Waals surface area contributed by atoms with Crippen molar-refractivity contribution in [3.05, 3.63) is 29.0 Å². The van der Waals surface area contributed by atoms with Crippen LogP contribution < -0.4 is 5.32 Å². The zero-order valence-corrected chi connectivity index (χ0v) is 12.7. The topological polar surface area (TPSA) is 42.7 Å². The lowest BCUT2D eigenvalue weighted by molar-refractivity contribution is 0.313. The van der Waals surface area contributed by atoms with Crippen molar-refractivity contribution >= 4 is 21.7 Å². The number of anilines is 1. The molecule has 5 heteroatoms. The molecular formula is C14H17BrN4. The number of hydrogen-bond acceptors (Lipinski definition) is 3. The van der Waals surface area contributed by atoms with E-state index in [0.717, 1.165) is 34.5 Å². The van der Waals surface area contributed by atoms with Gasteiger partial charge in [-0.05, 0) is 40.4 Å². The van der Waals surface area contributed by atoms with Crippen LogP contribution in [0.25, 0.3) is 11.3 Å². The molecule has 0 saturated carbocycles. The molecule has 2 aromatic rings. The van der Waals surface area contributed by atoms with Crippen LogP contribution in [-0.4, -0.2) is 21.3 Å². The fourth-order valence-corrected chi connectivity index (χ4v) is 3.34. The molecule has 2 aromatic heterocycles. The Kier molecular flexibility index (Phi) is 3.31. The molecular weight excluding hydrogens is 304 g/mol. The minimum atomic E-state index is 0.456. The molecule has 2 atom stereocenters. The molecule has 0 bridgehead atoms. The molecule has 1 N–H and O–H groups in total. The van der Waals surface area contributed by atoms with Crippen molar-refractivity contribution in [1.82, 2.24) is 14.8 Å². The van der Waals surface area contributed by atoms with Crippen LogP contribution in [0.4, 0.5) is 5.82 Å². The maximum Gasteiger partial charge on any atom is 0.139 e. The molecule has 0 fully saturated rings. The van der Waals surface area contributed by atoms with E-state index in [1.807, 2.05) is 18.3 Å². The largest absolute Gasteiger partial charge is 0.369 e. The van der Waals surface area contributed by atoms with Gasteiger partial charge in [0, 0.05) is 24.5 Å². The Labute approximate surface area is 121 Å². The number of pyridine rings is 1. The molecule has 0 aliphatic carbocycles. The monoisotopic (exact) mass is 320 g/mol. The predicted octanol–water partition coefficient (Wildman–Crippen LogP) is 3.72. The van der Waals surface area contributed by atoms with Crippen molar-refractivity contribution < 1.29 is 0 Å². The molecule has 3 heterocycles. The Hall–Kier alpha value is -1.36. The Morgan fingerprint density at radius 3 is 3.05 bits per heavy atom. The average Bonchev–Trinajstić information content (AvgIpc) is 2.77. The van der Waals surface area contributed by atoms with Crippen LogP contribution in [0.3, 0.4) is 0 Å². The highest BCUT2D eigenvalue weighted by Gasteiger charge is 2.29. The maximum atomic E-state index is 4.79. The number of aromatic nitrogens is 3. The molecule has 0 spiro atoms. The minimum Gasteiger partial charge on any atom is -0.369 e. The number of rotatable bonds is 2. The van der Waals surface area contributed by atoms with Crippen LogP contribution in [0, 0.1) is 5.92 Å². The van der Waals surface area contributed by atoms with Crippen LogP contribution in [0.2, 0.25) is 0 Å². The molecule has 0 saturated heterocycles. The fraction of sp³-hybridized carbons (Fsp3) is 0.429. The van der Waals surface area contributed by atoms with Gasteiger partial charge in [-0.1, -0.05) is 13.8 Å². The van der Waals surface area contributed by atoms with Gasteiger partial charge in [0.1, 0.15) is 11.5 Å². The normalized spacial score (nSPS) is 21.8. The van der Waals surface area contributed by atoms with Gasteiger partial charge in [-0.25, -0.2) is 4.68 Å². The minimum absolute atomic E-state index is 0.456. The fourth-order valence-electron chi connectivity index (χ4n) is 2.71. The van der Waals surface area contributed by atoms with E-state index in [0.29, 0.717) is 12.0 Å². The first-order chi connectivity index (χ1) is 9.22. The summed E-state index contributed by atoms with van der Waals surface area (Å²) in [5, 5.41) is 8.26. The summed E-state index contributed by atoms with van der Waals surface area (Å²) in [6.45, 7) is 5.48. The molecule has 0 radical (unpaired) electrons. The highest BCUT2D eigenvalue weighted by atomic mass is 79.9. The summed E-state index contributed by atoms with van der Waals surface area (Å²) in [4.78, 5) is 4.17. The molecule has 100 valence electrons. The Balaban J connectivity index is 2.11. The molecule has 1 aliphatic heterocycles. The summed E-state index contributed by atoms with van der Waals surface area (Å²) in [6, 6.07) is 4.43. The van der Waals surface area contributed by atoms with E-state index >= 15 is 0 Å². The summed E-state index contributed by atoms with van der Waals surface area (Å²) < 4.78 is 3.16. The lowest BCUT2D eigenvalue weighted by atomic mass is 9.98. The van der Waals surface area contributed by atoms with Crippen LogP contribution in [0.5, 0.6) is 0 Å². The summed E-state index contributed by atoms with van der Waals surface area (Å²) in [7, 11) is 0. The molecule has 0 aromatic carbocycles. The summed E-state index contributed by atoms with van der Waals surface area (Å²) in [6.07, 6.45) is 4.72. The average molecular weight is 321 g/mol. The van der Waals surface area contributed by atoms with Gasteiger partial charge in [-0.15, -0.1) is 0 Å². The molecule has 0 amide bonds. The smallest absolute Gasteiger partial charge is 0.139 e. The molecule has 1 aliphatic rings. The number of halogens is 1. The first-order valence-corrected chi connectivity index (χ1v) is 7.44. The number of hydrogen-bond donors (Lipinski definition) is 1. The van der Waals surface area contributed by atoms with E-state index in [1.165, 1.54) is 0 Å². The first kappa shape index (κ1) is 12.7. The van der Waals surface area contributed by atoms with E-state index in [2.05, 4.69) is 44.8 Å². The van der Waals surface area contributed by atoms with Crippen LogP contribution in [0.15, 0.2) is 29.0 Å². The van der Waals surface area contributed by atoms with Crippen molar-refractivity contribution in [2.24, 2.45) is 5.92 Å². The lowest BCUT2D eigenvalue weighted by Gasteiger charge is -2.30.